The normalized spacial score (nSPS) is 13.3. The predicted octanol–water partition coefficient (Wildman–Crippen LogP) is 10.1. The lowest BCUT2D eigenvalue weighted by Crippen LogP contribution is -2.40. The summed E-state index contributed by atoms with van der Waals surface area (Å²) in [6.07, 6.45) is 40.3. The summed E-state index contributed by atoms with van der Waals surface area (Å²) in [6, 6.07) is -0.875. The van der Waals surface area contributed by atoms with E-state index in [1.165, 1.54) is 44.9 Å². The first kappa shape index (κ1) is 44.3. The van der Waals surface area contributed by atoms with Crippen LogP contribution in [-0.2, 0) is 19.1 Å². The molecule has 7 heteroatoms. The smallest absolute Gasteiger partial charge is 0.326 e. The van der Waals surface area contributed by atoms with E-state index < -0.39 is 12.0 Å². The SMILES string of the molecule is CCC/C=C\C/C=C\C(CCCCCCC(=O)NC(CCCN)C(=O)O)OC(=O)CCCCCCC/C=C\C/C=C\CCCCCC. The lowest BCUT2D eigenvalue weighted by molar-refractivity contribution is -0.147. The van der Waals surface area contributed by atoms with Crippen molar-refractivity contribution in [1.82, 2.24) is 5.32 Å². The monoisotopic (exact) mass is 659 g/mol. The zero-order valence-electron chi connectivity index (χ0n) is 30.1. The number of ether oxygens (including phenoxy) is 1. The fourth-order valence-corrected chi connectivity index (χ4v) is 5.20. The summed E-state index contributed by atoms with van der Waals surface area (Å²) in [5, 5.41) is 11.9. The van der Waals surface area contributed by atoms with Gasteiger partial charge in [0.25, 0.3) is 0 Å². The molecule has 0 spiro atoms. The van der Waals surface area contributed by atoms with Gasteiger partial charge < -0.3 is 20.9 Å². The Kier molecular flexibility index (Phi) is 32.7. The van der Waals surface area contributed by atoms with E-state index in [1.54, 1.807) is 0 Å². The largest absolute Gasteiger partial charge is 0.480 e. The van der Waals surface area contributed by atoms with Gasteiger partial charge in [-0.25, -0.2) is 4.79 Å². The third-order valence-electron chi connectivity index (χ3n) is 8.08. The molecular weight excluding hydrogens is 588 g/mol. The van der Waals surface area contributed by atoms with E-state index in [1.807, 2.05) is 6.08 Å². The van der Waals surface area contributed by atoms with Gasteiger partial charge in [-0.1, -0.05) is 114 Å². The number of amides is 1. The molecule has 270 valence electrons. The highest BCUT2D eigenvalue weighted by molar-refractivity contribution is 5.83. The first-order chi connectivity index (χ1) is 22.9. The van der Waals surface area contributed by atoms with Gasteiger partial charge in [0.1, 0.15) is 12.1 Å². The lowest BCUT2D eigenvalue weighted by Gasteiger charge is -2.15. The summed E-state index contributed by atoms with van der Waals surface area (Å²) in [5.41, 5.74) is 5.46. The summed E-state index contributed by atoms with van der Waals surface area (Å²) in [5.74, 6) is -1.38. The maximum atomic E-state index is 12.6. The van der Waals surface area contributed by atoms with Crippen LogP contribution in [0.1, 0.15) is 168 Å². The molecule has 0 aliphatic heterocycles. The van der Waals surface area contributed by atoms with Crippen LogP contribution in [0.15, 0.2) is 48.6 Å². The molecule has 0 aromatic rings. The molecule has 47 heavy (non-hydrogen) atoms. The number of nitrogens with two attached hydrogens (primary N) is 1. The Hall–Kier alpha value is -2.67. The van der Waals surface area contributed by atoms with Crippen LogP contribution in [0.5, 0.6) is 0 Å². The number of hydrogen-bond acceptors (Lipinski definition) is 5. The Morgan fingerprint density at radius 2 is 1.21 bits per heavy atom. The molecule has 0 saturated heterocycles. The van der Waals surface area contributed by atoms with Crippen molar-refractivity contribution in [1.29, 1.82) is 0 Å². The van der Waals surface area contributed by atoms with Crippen LogP contribution in [0.4, 0.5) is 0 Å². The van der Waals surface area contributed by atoms with Crippen LogP contribution in [-0.4, -0.2) is 41.6 Å². The number of rotatable bonds is 33. The molecule has 0 saturated carbocycles. The van der Waals surface area contributed by atoms with Crippen molar-refractivity contribution < 1.29 is 24.2 Å². The van der Waals surface area contributed by atoms with Crippen molar-refractivity contribution >= 4 is 17.8 Å². The second-order valence-corrected chi connectivity index (χ2v) is 12.6. The van der Waals surface area contributed by atoms with Crippen LogP contribution >= 0.6 is 0 Å². The lowest BCUT2D eigenvalue weighted by atomic mass is 10.1. The molecular formula is C40H70N2O5. The number of aliphatic carboxylic acids is 1. The summed E-state index contributed by atoms with van der Waals surface area (Å²) in [7, 11) is 0. The van der Waals surface area contributed by atoms with Crippen molar-refractivity contribution in [3.63, 3.8) is 0 Å². The minimum Gasteiger partial charge on any atom is -0.480 e. The number of nitrogens with one attached hydrogen (secondary N) is 1. The molecule has 2 atom stereocenters. The first-order valence-electron chi connectivity index (χ1n) is 19.0. The van der Waals surface area contributed by atoms with Crippen LogP contribution < -0.4 is 11.1 Å². The van der Waals surface area contributed by atoms with E-state index >= 15 is 0 Å². The van der Waals surface area contributed by atoms with Gasteiger partial charge in [-0.05, 0) is 96.1 Å². The molecule has 7 nitrogen and oxygen atoms in total. The number of carboxylic acid groups (broad SMARTS) is 1. The fraction of sp³-hybridized carbons (Fsp3) is 0.725. The van der Waals surface area contributed by atoms with Crippen LogP contribution in [0.25, 0.3) is 0 Å². The van der Waals surface area contributed by atoms with Crippen molar-refractivity contribution in [2.45, 2.75) is 180 Å². The van der Waals surface area contributed by atoms with Crippen molar-refractivity contribution in [3.05, 3.63) is 48.6 Å². The number of carbonyl (C=O) groups is 3. The highest BCUT2D eigenvalue weighted by atomic mass is 16.5. The van der Waals surface area contributed by atoms with Gasteiger partial charge in [0, 0.05) is 12.8 Å². The fourth-order valence-electron chi connectivity index (χ4n) is 5.20. The highest BCUT2D eigenvalue weighted by Gasteiger charge is 2.19. The minimum absolute atomic E-state index is 0.123. The maximum absolute atomic E-state index is 12.6. The van der Waals surface area contributed by atoms with E-state index in [0.717, 1.165) is 77.0 Å². The number of carboxylic acids is 1. The Morgan fingerprint density at radius 3 is 1.85 bits per heavy atom. The summed E-state index contributed by atoms with van der Waals surface area (Å²) >= 11 is 0. The molecule has 0 rings (SSSR count). The Bertz CT molecular complexity index is 880. The Balaban J connectivity index is 4.26. The summed E-state index contributed by atoms with van der Waals surface area (Å²) in [4.78, 5) is 36.1. The number of esters is 1. The third kappa shape index (κ3) is 31.7. The molecule has 4 N–H and O–H groups in total. The molecule has 0 fully saturated rings. The third-order valence-corrected chi connectivity index (χ3v) is 8.08. The van der Waals surface area contributed by atoms with Gasteiger partial charge in [-0.15, -0.1) is 0 Å². The predicted molar refractivity (Wildman–Crippen MR) is 197 cm³/mol. The van der Waals surface area contributed by atoms with E-state index in [9.17, 15) is 19.5 Å². The van der Waals surface area contributed by atoms with Crippen LogP contribution in [0.3, 0.4) is 0 Å². The molecule has 0 aromatic carbocycles. The Labute approximate surface area is 287 Å². The number of hydrogen-bond donors (Lipinski definition) is 3. The van der Waals surface area contributed by atoms with Crippen molar-refractivity contribution in [3.8, 4) is 0 Å². The maximum Gasteiger partial charge on any atom is 0.326 e. The Morgan fingerprint density at radius 1 is 0.638 bits per heavy atom. The highest BCUT2D eigenvalue weighted by Crippen LogP contribution is 2.14. The summed E-state index contributed by atoms with van der Waals surface area (Å²) < 4.78 is 5.85. The molecule has 0 aliphatic carbocycles. The molecule has 1 amide bonds. The first-order valence-corrected chi connectivity index (χ1v) is 19.0. The molecule has 0 aliphatic rings. The molecule has 0 radical (unpaired) electrons. The standard InChI is InChI=1S/C40H70N2O5/c1-3-5-7-9-11-12-13-14-15-16-17-18-19-20-22-28-34-39(44)47-36(30-25-21-10-8-6-4-2)31-26-23-24-27-33-38(43)42-37(40(45)46)32-29-35-41/h8,10,12-13,15-16,25,30,36-37H,3-7,9,11,14,17-24,26-29,31-35,41H2,1-2H3,(H,42,43)(H,45,46)/b10-8-,13-12-,16-15-,30-25-. The van der Waals surface area contributed by atoms with Gasteiger partial charge >= 0.3 is 11.9 Å². The average molecular weight is 659 g/mol. The van der Waals surface area contributed by atoms with Crippen molar-refractivity contribution in [2.75, 3.05) is 6.54 Å². The molecule has 0 heterocycles. The van der Waals surface area contributed by atoms with Crippen molar-refractivity contribution in [2.24, 2.45) is 5.73 Å². The molecule has 0 bridgehead atoms. The second kappa shape index (κ2) is 34.7. The molecule has 0 aromatic heterocycles. The van der Waals surface area contributed by atoms with Crippen LogP contribution in [0, 0.1) is 0 Å². The summed E-state index contributed by atoms with van der Waals surface area (Å²) in [6.45, 7) is 4.81. The van der Waals surface area contributed by atoms with Gasteiger partial charge in [-0.2, -0.15) is 0 Å². The zero-order chi connectivity index (χ0) is 34.6. The number of allylic oxidation sites excluding steroid dienone is 7. The quantitative estimate of drug-likeness (QED) is 0.0367. The van der Waals surface area contributed by atoms with E-state index in [2.05, 4.69) is 61.7 Å². The second-order valence-electron chi connectivity index (χ2n) is 12.6. The van der Waals surface area contributed by atoms with E-state index in [0.29, 0.717) is 38.6 Å². The van der Waals surface area contributed by atoms with E-state index in [4.69, 9.17) is 10.5 Å². The van der Waals surface area contributed by atoms with Gasteiger partial charge in [-0.3, -0.25) is 9.59 Å². The van der Waals surface area contributed by atoms with Crippen LogP contribution in [0.2, 0.25) is 0 Å². The zero-order valence-corrected chi connectivity index (χ0v) is 30.1. The number of carbonyl (C=O) groups excluding carboxylic acids is 2. The molecule has 2 unspecified atom stereocenters. The van der Waals surface area contributed by atoms with Gasteiger partial charge in [0.05, 0.1) is 0 Å². The average Bonchev–Trinajstić information content (AvgIpc) is 3.05. The minimum atomic E-state index is -1.02. The van der Waals surface area contributed by atoms with Gasteiger partial charge in [0.2, 0.25) is 5.91 Å². The topological polar surface area (TPSA) is 119 Å². The van der Waals surface area contributed by atoms with Gasteiger partial charge in [0.15, 0.2) is 0 Å². The van der Waals surface area contributed by atoms with E-state index in [-0.39, 0.29) is 18.0 Å². The number of unbranched alkanes of at least 4 members (excludes halogenated alkanes) is 13.